The second-order valence-electron chi connectivity index (χ2n) is 12.4. The number of rotatable bonds is 9. The number of carbonyl (C=O) groups is 2. The maximum atomic E-state index is 12.4. The van der Waals surface area contributed by atoms with Gasteiger partial charge in [-0.3, -0.25) is 37.4 Å². The van der Waals surface area contributed by atoms with Crippen molar-refractivity contribution in [2.24, 2.45) is 33.9 Å². The van der Waals surface area contributed by atoms with Gasteiger partial charge >= 0.3 is 17.3 Å². The number of aromatic nitrogens is 8. The first-order valence-electron chi connectivity index (χ1n) is 16.7. The number of fused-ring (bicyclic) bond motifs is 2. The van der Waals surface area contributed by atoms with Gasteiger partial charge in [0.1, 0.15) is 13.1 Å². The molecule has 4 heterocycles. The highest BCUT2D eigenvalue weighted by molar-refractivity contribution is 5.79. The van der Waals surface area contributed by atoms with Crippen molar-refractivity contribution in [2.45, 2.75) is 47.2 Å². The molecule has 0 radical (unpaired) electrons. The van der Waals surface area contributed by atoms with Crippen LogP contribution in [0.25, 0.3) is 22.3 Å². The van der Waals surface area contributed by atoms with E-state index in [1.807, 2.05) is 31.2 Å². The molecule has 4 N–H and O–H groups in total. The Bertz CT molecular complexity index is 2520. The third kappa shape index (κ3) is 9.35. The smallest absolute Gasteiger partial charge is 0.332 e. The number of aryl methyl sites for hydroxylation is 4. The van der Waals surface area contributed by atoms with Crippen molar-refractivity contribution < 1.29 is 14.7 Å². The van der Waals surface area contributed by atoms with E-state index in [0.717, 1.165) is 28.5 Å². The number of imidazole rings is 2. The molecule has 0 spiro atoms. The van der Waals surface area contributed by atoms with Crippen molar-refractivity contribution in [2.75, 3.05) is 13.1 Å². The van der Waals surface area contributed by atoms with Crippen LogP contribution in [0.2, 0.25) is 0 Å². The summed E-state index contributed by atoms with van der Waals surface area (Å²) in [7, 11) is 5.76. The summed E-state index contributed by atoms with van der Waals surface area (Å²) >= 11 is 0. The fourth-order valence-electron chi connectivity index (χ4n) is 5.66. The maximum absolute atomic E-state index is 12.4. The molecule has 2 aromatic carbocycles. The number of hydrogen-bond acceptors (Lipinski definition) is 9. The predicted octanol–water partition coefficient (Wildman–Crippen LogP) is 0.752. The summed E-state index contributed by atoms with van der Waals surface area (Å²) in [5, 5.41) is 11.6. The Hall–Kier alpha value is -6.36. The SMILES string of the molecule is C.Cc1ccccc1CCN.Cc1ccccc1CCNC(=O)Cn1cnc2c1c(=O)n(C)c(=O)n2C.Cn1c(=O)c2c(ncn2CC(=O)O)n(C)c1=O. The van der Waals surface area contributed by atoms with E-state index < -0.39 is 28.5 Å². The Morgan fingerprint density at radius 1 is 0.685 bits per heavy atom. The van der Waals surface area contributed by atoms with Gasteiger partial charge in [-0.1, -0.05) is 56.0 Å². The van der Waals surface area contributed by atoms with E-state index >= 15 is 0 Å². The molecule has 288 valence electrons. The van der Waals surface area contributed by atoms with Crippen molar-refractivity contribution in [3.8, 4) is 0 Å². The highest BCUT2D eigenvalue weighted by atomic mass is 16.4. The molecule has 0 bridgehead atoms. The molecule has 17 nitrogen and oxygen atoms in total. The lowest BCUT2D eigenvalue weighted by Crippen LogP contribution is -2.38. The first-order chi connectivity index (χ1) is 25.2. The Labute approximate surface area is 310 Å². The maximum Gasteiger partial charge on any atom is 0.332 e. The zero-order valence-corrected chi connectivity index (χ0v) is 30.6. The molecule has 54 heavy (non-hydrogen) atoms. The number of carboxylic acid groups (broad SMARTS) is 1. The molecule has 0 saturated carbocycles. The lowest BCUT2D eigenvalue weighted by atomic mass is 10.1. The summed E-state index contributed by atoms with van der Waals surface area (Å²) < 4.78 is 7.11. The van der Waals surface area contributed by atoms with Gasteiger partial charge in [-0.25, -0.2) is 19.6 Å². The standard InChI is InChI=1S/C18H21N5O3.C9H10N4O4.C9H13N.CH4/c1-12-6-4-5-7-13(12)8-9-19-14(24)10-23-11-20-16-15(23)17(25)22(3)18(26)21(16)2;1-11-7-6(8(16)12(2)9(11)17)13(4-10-7)3-5(14)15;1-8-4-2-3-5-9(8)6-7-10;/h4-7,11H,8-10H2,1-3H3,(H,19,24);4H,3H2,1-2H3,(H,14,15);2-5H,6-7,10H2,1H3;1H4. The number of carboxylic acids is 1. The Kier molecular flexibility index (Phi) is 14.3. The number of benzene rings is 2. The first kappa shape index (κ1) is 42.1. The third-order valence-corrected chi connectivity index (χ3v) is 8.71. The number of carbonyl (C=O) groups excluding carboxylic acids is 1. The molecule has 6 rings (SSSR count). The number of nitrogens with zero attached hydrogens (tertiary/aromatic N) is 8. The van der Waals surface area contributed by atoms with Crippen LogP contribution >= 0.6 is 0 Å². The van der Waals surface area contributed by atoms with Gasteiger partial charge in [-0.05, 0) is 55.5 Å². The molecule has 0 unspecified atom stereocenters. The van der Waals surface area contributed by atoms with Crippen LogP contribution in [0.1, 0.15) is 29.7 Å². The summed E-state index contributed by atoms with van der Waals surface area (Å²) in [6.07, 6.45) is 4.37. The Balaban J connectivity index is 0.000000240. The quantitative estimate of drug-likeness (QED) is 0.189. The summed E-state index contributed by atoms with van der Waals surface area (Å²) in [6.45, 7) is 5.00. The van der Waals surface area contributed by atoms with Crippen molar-refractivity contribution in [3.63, 3.8) is 0 Å². The highest BCUT2D eigenvalue weighted by Gasteiger charge is 2.17. The number of aliphatic carboxylic acids is 1. The largest absolute Gasteiger partial charge is 0.480 e. The van der Waals surface area contributed by atoms with E-state index in [4.69, 9.17) is 10.8 Å². The Morgan fingerprint density at radius 2 is 1.11 bits per heavy atom. The summed E-state index contributed by atoms with van der Waals surface area (Å²) in [4.78, 5) is 78.6. The summed E-state index contributed by atoms with van der Waals surface area (Å²) in [5.74, 6) is -1.30. The van der Waals surface area contributed by atoms with E-state index in [0.29, 0.717) is 6.54 Å². The van der Waals surface area contributed by atoms with E-state index in [1.54, 1.807) is 7.05 Å². The minimum Gasteiger partial charge on any atom is -0.480 e. The number of amides is 1. The topological polar surface area (TPSA) is 216 Å². The van der Waals surface area contributed by atoms with Gasteiger partial charge in [0.2, 0.25) is 5.91 Å². The van der Waals surface area contributed by atoms with Crippen LogP contribution in [0.4, 0.5) is 0 Å². The molecular formula is C37H48N10O7. The van der Waals surface area contributed by atoms with Crippen LogP contribution in [0.5, 0.6) is 0 Å². The lowest BCUT2D eigenvalue weighted by Gasteiger charge is -2.09. The van der Waals surface area contributed by atoms with Crippen LogP contribution in [0.3, 0.4) is 0 Å². The molecule has 17 heteroatoms. The zero-order valence-electron chi connectivity index (χ0n) is 30.6. The van der Waals surface area contributed by atoms with Crippen LogP contribution in [0.15, 0.2) is 80.4 Å². The number of nitrogens with one attached hydrogen (secondary N) is 1. The second kappa shape index (κ2) is 18.4. The van der Waals surface area contributed by atoms with Gasteiger partial charge in [0.25, 0.3) is 11.1 Å². The average molecular weight is 745 g/mol. The fraction of sp³-hybridized carbons (Fsp3) is 0.351. The first-order valence-corrected chi connectivity index (χ1v) is 16.7. The molecule has 4 aromatic heterocycles. The van der Waals surface area contributed by atoms with Crippen LogP contribution < -0.4 is 33.5 Å². The molecule has 6 aromatic rings. The normalized spacial score (nSPS) is 10.6. The lowest BCUT2D eigenvalue weighted by molar-refractivity contribution is -0.137. The van der Waals surface area contributed by atoms with Gasteiger partial charge < -0.3 is 25.3 Å². The van der Waals surface area contributed by atoms with E-state index in [9.17, 15) is 28.8 Å². The molecule has 0 aliphatic heterocycles. The Morgan fingerprint density at radius 3 is 1.54 bits per heavy atom. The van der Waals surface area contributed by atoms with Crippen molar-refractivity contribution >= 4 is 34.2 Å². The monoisotopic (exact) mass is 744 g/mol. The van der Waals surface area contributed by atoms with Crippen LogP contribution in [-0.4, -0.2) is 67.4 Å². The van der Waals surface area contributed by atoms with E-state index in [1.165, 1.54) is 74.3 Å². The molecular weight excluding hydrogens is 696 g/mol. The van der Waals surface area contributed by atoms with Gasteiger partial charge in [0.15, 0.2) is 22.3 Å². The molecule has 0 aliphatic carbocycles. The van der Waals surface area contributed by atoms with Crippen molar-refractivity contribution in [1.29, 1.82) is 0 Å². The van der Waals surface area contributed by atoms with Crippen LogP contribution in [0, 0.1) is 13.8 Å². The van der Waals surface area contributed by atoms with Gasteiger partial charge in [0.05, 0.1) is 12.7 Å². The highest BCUT2D eigenvalue weighted by Crippen LogP contribution is 2.09. The molecule has 0 saturated heterocycles. The average Bonchev–Trinajstić information content (AvgIpc) is 3.75. The zero-order chi connectivity index (χ0) is 39.0. The molecule has 0 aliphatic rings. The van der Waals surface area contributed by atoms with Gasteiger partial charge in [0, 0.05) is 34.7 Å². The van der Waals surface area contributed by atoms with E-state index in [-0.39, 0.29) is 48.8 Å². The third-order valence-electron chi connectivity index (χ3n) is 8.71. The summed E-state index contributed by atoms with van der Waals surface area (Å²) in [6, 6.07) is 16.4. The number of nitrogens with two attached hydrogens (primary N) is 1. The fourth-order valence-corrected chi connectivity index (χ4v) is 5.66. The van der Waals surface area contributed by atoms with E-state index in [2.05, 4.69) is 46.5 Å². The number of hydrogen-bond donors (Lipinski definition) is 3. The molecule has 0 atom stereocenters. The van der Waals surface area contributed by atoms with Crippen LogP contribution in [-0.2, 0) is 63.7 Å². The minimum absolute atomic E-state index is 0. The molecule has 1 amide bonds. The summed E-state index contributed by atoms with van der Waals surface area (Å²) in [5.41, 5.74) is 9.34. The molecule has 0 fully saturated rings. The van der Waals surface area contributed by atoms with Gasteiger partial charge in [-0.15, -0.1) is 0 Å². The predicted molar refractivity (Wildman–Crippen MR) is 207 cm³/mol. The van der Waals surface area contributed by atoms with Crippen molar-refractivity contribution in [3.05, 3.63) is 125 Å². The second-order valence-corrected chi connectivity index (χ2v) is 12.4. The minimum atomic E-state index is -1.08. The van der Waals surface area contributed by atoms with Crippen molar-refractivity contribution in [1.82, 2.24) is 42.7 Å². The van der Waals surface area contributed by atoms with Gasteiger partial charge in [-0.2, -0.15) is 0 Å².